The SMILES string of the molecule is O=C(O)C1=Cc2ccccc2OC1(c1cccs1)C(F)(F)F. The van der Waals surface area contributed by atoms with Crippen molar-refractivity contribution in [2.45, 2.75) is 11.8 Å². The second-order valence-corrected chi connectivity index (χ2v) is 5.61. The zero-order chi connectivity index (χ0) is 16.0. The zero-order valence-corrected chi connectivity index (χ0v) is 11.7. The van der Waals surface area contributed by atoms with Crippen LogP contribution >= 0.6 is 11.3 Å². The van der Waals surface area contributed by atoms with Crippen LogP contribution in [0.25, 0.3) is 6.08 Å². The van der Waals surface area contributed by atoms with E-state index in [2.05, 4.69) is 0 Å². The number of carbonyl (C=O) groups is 1. The summed E-state index contributed by atoms with van der Waals surface area (Å²) in [5, 5.41) is 10.8. The molecule has 1 unspecified atom stereocenters. The Kier molecular flexibility index (Phi) is 3.25. The molecule has 7 heteroatoms. The number of hydrogen-bond acceptors (Lipinski definition) is 3. The van der Waals surface area contributed by atoms with E-state index in [1.54, 1.807) is 6.07 Å². The summed E-state index contributed by atoms with van der Waals surface area (Å²) in [6, 6.07) is 8.68. The van der Waals surface area contributed by atoms with Crippen molar-refractivity contribution in [3.63, 3.8) is 0 Å². The van der Waals surface area contributed by atoms with E-state index in [-0.39, 0.29) is 10.6 Å². The molecule has 0 radical (unpaired) electrons. The van der Waals surface area contributed by atoms with Crippen molar-refractivity contribution in [1.82, 2.24) is 0 Å². The van der Waals surface area contributed by atoms with E-state index in [0.29, 0.717) is 5.56 Å². The molecular formula is C15H9F3O3S. The highest BCUT2D eigenvalue weighted by molar-refractivity contribution is 7.10. The Morgan fingerprint density at radius 2 is 1.91 bits per heavy atom. The van der Waals surface area contributed by atoms with Gasteiger partial charge in [0.05, 0.1) is 10.5 Å². The van der Waals surface area contributed by atoms with Crippen LogP contribution in [-0.2, 0) is 10.4 Å². The van der Waals surface area contributed by atoms with Crippen LogP contribution in [-0.4, -0.2) is 17.3 Å². The van der Waals surface area contributed by atoms with Gasteiger partial charge in [0.2, 0.25) is 0 Å². The predicted molar refractivity (Wildman–Crippen MR) is 74.7 cm³/mol. The molecule has 114 valence electrons. The second-order valence-electron chi connectivity index (χ2n) is 4.66. The van der Waals surface area contributed by atoms with E-state index in [4.69, 9.17) is 4.74 Å². The minimum absolute atomic E-state index is 0.00164. The Morgan fingerprint density at radius 3 is 2.50 bits per heavy atom. The number of thiophene rings is 1. The number of fused-ring (bicyclic) bond motifs is 1. The predicted octanol–water partition coefficient (Wildman–Crippen LogP) is 4.07. The number of ether oxygens (including phenoxy) is 1. The third kappa shape index (κ3) is 2.00. The van der Waals surface area contributed by atoms with E-state index in [1.165, 1.54) is 35.7 Å². The Balaban J connectivity index is 2.33. The van der Waals surface area contributed by atoms with Gasteiger partial charge in [0.1, 0.15) is 5.75 Å². The molecular weight excluding hydrogens is 317 g/mol. The van der Waals surface area contributed by atoms with Gasteiger partial charge in [0.15, 0.2) is 0 Å². The number of hydrogen-bond donors (Lipinski definition) is 1. The summed E-state index contributed by atoms with van der Waals surface area (Å²) < 4.78 is 46.8. The fraction of sp³-hybridized carbons (Fsp3) is 0.133. The fourth-order valence-electron chi connectivity index (χ4n) is 2.39. The van der Waals surface area contributed by atoms with Crippen LogP contribution in [0.3, 0.4) is 0 Å². The van der Waals surface area contributed by atoms with Gasteiger partial charge in [-0.25, -0.2) is 4.79 Å². The van der Waals surface area contributed by atoms with E-state index in [9.17, 15) is 23.1 Å². The van der Waals surface area contributed by atoms with Gasteiger partial charge in [0.25, 0.3) is 5.60 Å². The molecule has 0 spiro atoms. The first-order chi connectivity index (χ1) is 10.4. The maximum absolute atomic E-state index is 13.8. The van der Waals surface area contributed by atoms with E-state index >= 15 is 0 Å². The summed E-state index contributed by atoms with van der Waals surface area (Å²) in [6.07, 6.45) is -3.90. The molecule has 0 amide bonds. The van der Waals surface area contributed by atoms with Crippen LogP contribution < -0.4 is 4.74 Å². The Bertz CT molecular complexity index is 750. The smallest absolute Gasteiger partial charge is 0.438 e. The average molecular weight is 326 g/mol. The van der Waals surface area contributed by atoms with Crippen molar-refractivity contribution in [1.29, 1.82) is 0 Å². The first kappa shape index (κ1) is 14.6. The standard InChI is InChI=1S/C15H9F3O3S/c16-15(17,18)14(12-6-3-7-22-12)10(13(19)20)8-9-4-1-2-5-11(9)21-14/h1-8H,(H,19,20). The monoisotopic (exact) mass is 326 g/mol. The van der Waals surface area contributed by atoms with Crippen LogP contribution in [0.1, 0.15) is 10.4 Å². The van der Waals surface area contributed by atoms with Crippen molar-refractivity contribution in [2.75, 3.05) is 0 Å². The molecule has 0 fully saturated rings. The van der Waals surface area contributed by atoms with Gasteiger partial charge in [-0.1, -0.05) is 24.3 Å². The summed E-state index contributed by atoms with van der Waals surface area (Å²) in [5.74, 6) is -1.67. The quantitative estimate of drug-likeness (QED) is 0.905. The highest BCUT2D eigenvalue weighted by Gasteiger charge is 2.65. The summed E-state index contributed by atoms with van der Waals surface area (Å²) in [4.78, 5) is 11.3. The second kappa shape index (κ2) is 4.88. The average Bonchev–Trinajstić information content (AvgIpc) is 2.98. The van der Waals surface area contributed by atoms with Crippen molar-refractivity contribution in [3.8, 4) is 5.75 Å². The van der Waals surface area contributed by atoms with E-state index in [1.807, 2.05) is 0 Å². The van der Waals surface area contributed by atoms with Gasteiger partial charge < -0.3 is 9.84 Å². The minimum atomic E-state index is -4.92. The summed E-state index contributed by atoms with van der Waals surface area (Å²) in [7, 11) is 0. The number of aliphatic carboxylic acids is 1. The molecule has 1 aromatic carbocycles. The van der Waals surface area contributed by atoms with Gasteiger partial charge in [-0.3, -0.25) is 0 Å². The largest absolute Gasteiger partial charge is 0.478 e. The summed E-state index contributed by atoms with van der Waals surface area (Å²) in [6.45, 7) is 0. The molecule has 22 heavy (non-hydrogen) atoms. The van der Waals surface area contributed by atoms with Crippen molar-refractivity contribution < 1.29 is 27.8 Å². The summed E-state index contributed by atoms with van der Waals surface area (Å²) in [5.41, 5.74) is -3.54. The van der Waals surface area contributed by atoms with Crippen LogP contribution in [0.5, 0.6) is 5.75 Å². The molecule has 3 rings (SSSR count). The molecule has 0 saturated heterocycles. The highest BCUT2D eigenvalue weighted by Crippen LogP contribution is 2.52. The van der Waals surface area contributed by atoms with Crippen LogP contribution in [0.15, 0.2) is 47.4 Å². The summed E-state index contributed by atoms with van der Waals surface area (Å²) >= 11 is 0.802. The third-order valence-electron chi connectivity index (χ3n) is 3.36. The van der Waals surface area contributed by atoms with Crippen molar-refractivity contribution in [3.05, 3.63) is 57.8 Å². The molecule has 0 aliphatic carbocycles. The molecule has 1 aromatic heterocycles. The molecule has 0 saturated carbocycles. The van der Waals surface area contributed by atoms with Crippen LogP contribution in [0.2, 0.25) is 0 Å². The highest BCUT2D eigenvalue weighted by atomic mass is 32.1. The van der Waals surface area contributed by atoms with Gasteiger partial charge >= 0.3 is 12.1 Å². The van der Waals surface area contributed by atoms with Crippen LogP contribution in [0, 0.1) is 0 Å². The number of benzene rings is 1. The van der Waals surface area contributed by atoms with Crippen LogP contribution in [0.4, 0.5) is 13.2 Å². The Morgan fingerprint density at radius 1 is 1.18 bits per heavy atom. The van der Waals surface area contributed by atoms with Gasteiger partial charge in [-0.2, -0.15) is 13.2 Å². The maximum atomic E-state index is 13.8. The Hall–Kier alpha value is -2.28. The lowest BCUT2D eigenvalue weighted by atomic mass is 9.86. The number of para-hydroxylation sites is 1. The Labute approximate surface area is 127 Å². The van der Waals surface area contributed by atoms with Gasteiger partial charge in [0, 0.05) is 5.56 Å². The first-order valence-corrected chi connectivity index (χ1v) is 7.08. The number of carboxylic acids is 1. The lowest BCUT2D eigenvalue weighted by Gasteiger charge is -2.38. The number of alkyl halides is 3. The van der Waals surface area contributed by atoms with Crippen molar-refractivity contribution >= 4 is 23.4 Å². The molecule has 1 atom stereocenters. The lowest BCUT2D eigenvalue weighted by molar-refractivity contribution is -0.239. The minimum Gasteiger partial charge on any atom is -0.478 e. The molecule has 3 nitrogen and oxygen atoms in total. The zero-order valence-electron chi connectivity index (χ0n) is 10.9. The normalized spacial score (nSPS) is 20.8. The van der Waals surface area contributed by atoms with E-state index in [0.717, 1.165) is 17.4 Å². The van der Waals surface area contributed by atoms with Gasteiger partial charge in [-0.15, -0.1) is 11.3 Å². The van der Waals surface area contributed by atoms with Crippen molar-refractivity contribution in [2.24, 2.45) is 0 Å². The number of rotatable bonds is 2. The maximum Gasteiger partial charge on any atom is 0.438 e. The number of halogens is 3. The molecule has 2 heterocycles. The molecule has 1 N–H and O–H groups in total. The molecule has 1 aliphatic rings. The topological polar surface area (TPSA) is 46.5 Å². The third-order valence-corrected chi connectivity index (χ3v) is 4.33. The molecule has 1 aliphatic heterocycles. The molecule has 0 bridgehead atoms. The lowest BCUT2D eigenvalue weighted by Crippen LogP contribution is -2.51. The fourth-order valence-corrected chi connectivity index (χ4v) is 3.29. The number of carboxylic acid groups (broad SMARTS) is 1. The molecule has 2 aromatic rings. The van der Waals surface area contributed by atoms with E-state index < -0.39 is 23.3 Å². The first-order valence-electron chi connectivity index (χ1n) is 6.20. The van der Waals surface area contributed by atoms with Gasteiger partial charge in [-0.05, 0) is 23.6 Å².